The maximum atomic E-state index is 12.8. The molecule has 0 saturated heterocycles. The van der Waals surface area contributed by atoms with Crippen LogP contribution < -0.4 is 9.64 Å². The lowest BCUT2D eigenvalue weighted by atomic mass is 10.0. The van der Waals surface area contributed by atoms with E-state index in [0.29, 0.717) is 18.0 Å². The van der Waals surface area contributed by atoms with Gasteiger partial charge in [0.15, 0.2) is 6.10 Å². The van der Waals surface area contributed by atoms with Crippen LogP contribution >= 0.6 is 0 Å². The van der Waals surface area contributed by atoms with Crippen LogP contribution in [0, 0.1) is 16.0 Å². The molecule has 2 rings (SSSR count). The molecule has 1 aliphatic rings. The Balaban J connectivity index is 2.23. The van der Waals surface area contributed by atoms with Crippen molar-refractivity contribution in [2.24, 2.45) is 5.92 Å². The zero-order valence-corrected chi connectivity index (χ0v) is 14.7. The van der Waals surface area contributed by atoms with E-state index in [0.717, 1.165) is 19.3 Å². The molecule has 0 aromatic heterocycles. The number of nitrogens with zero attached hydrogens (tertiary/aromatic N) is 2. The molecule has 1 aromatic rings. The highest BCUT2D eigenvalue weighted by Gasteiger charge is 2.36. The van der Waals surface area contributed by atoms with E-state index in [9.17, 15) is 14.9 Å². The van der Waals surface area contributed by atoms with Crippen LogP contribution in [0.3, 0.4) is 0 Å². The quantitative estimate of drug-likeness (QED) is 0.403. The molecule has 132 valence electrons. The minimum atomic E-state index is -0.533. The maximum absolute atomic E-state index is 12.8. The lowest BCUT2D eigenvalue weighted by Gasteiger charge is -2.35. The molecule has 24 heavy (non-hydrogen) atoms. The van der Waals surface area contributed by atoms with E-state index in [1.165, 1.54) is 25.0 Å². The van der Waals surface area contributed by atoms with Crippen LogP contribution in [0.5, 0.6) is 5.75 Å². The number of nitro groups is 1. The van der Waals surface area contributed by atoms with E-state index in [4.69, 9.17) is 4.74 Å². The summed E-state index contributed by atoms with van der Waals surface area (Å²) in [7, 11) is 0. The number of fused-ring (bicyclic) bond motifs is 1. The zero-order valence-electron chi connectivity index (χ0n) is 14.7. The molecule has 0 bridgehead atoms. The van der Waals surface area contributed by atoms with Crippen molar-refractivity contribution >= 4 is 17.3 Å². The fourth-order valence-electron chi connectivity index (χ4n) is 2.91. The lowest BCUT2D eigenvalue weighted by Crippen LogP contribution is -2.48. The second-order valence-corrected chi connectivity index (χ2v) is 6.60. The first-order valence-electron chi connectivity index (χ1n) is 8.72. The van der Waals surface area contributed by atoms with Gasteiger partial charge in [0.2, 0.25) is 0 Å². The van der Waals surface area contributed by atoms with Gasteiger partial charge in [-0.2, -0.15) is 0 Å². The van der Waals surface area contributed by atoms with E-state index in [-0.39, 0.29) is 17.5 Å². The van der Waals surface area contributed by atoms with E-state index in [1.807, 2.05) is 13.8 Å². The van der Waals surface area contributed by atoms with Crippen LogP contribution in [-0.2, 0) is 4.79 Å². The van der Waals surface area contributed by atoms with Crippen molar-refractivity contribution < 1.29 is 14.5 Å². The van der Waals surface area contributed by atoms with Crippen LogP contribution in [0.4, 0.5) is 11.4 Å². The molecule has 0 N–H and O–H groups in total. The first kappa shape index (κ1) is 18.2. The summed E-state index contributed by atoms with van der Waals surface area (Å²) in [6.45, 7) is 6.62. The average Bonchev–Trinajstić information content (AvgIpc) is 2.55. The third kappa shape index (κ3) is 4.04. The Labute approximate surface area is 142 Å². The monoisotopic (exact) mass is 334 g/mol. The number of non-ortho nitro benzene ring substituents is 1. The average molecular weight is 334 g/mol. The Bertz CT molecular complexity index is 601. The molecule has 1 amide bonds. The van der Waals surface area contributed by atoms with Gasteiger partial charge in [-0.25, -0.2) is 0 Å². The van der Waals surface area contributed by atoms with Crippen LogP contribution in [0.2, 0.25) is 0 Å². The number of rotatable bonds is 8. The first-order valence-corrected chi connectivity index (χ1v) is 8.72. The zero-order chi connectivity index (χ0) is 17.7. The van der Waals surface area contributed by atoms with Gasteiger partial charge in [-0.1, -0.05) is 46.5 Å². The molecular formula is C18H26N2O4. The number of hydrogen-bond acceptors (Lipinski definition) is 4. The van der Waals surface area contributed by atoms with E-state index in [1.54, 1.807) is 11.0 Å². The summed E-state index contributed by atoms with van der Waals surface area (Å²) in [4.78, 5) is 25.0. The number of nitro benzene ring substituents is 1. The number of ether oxygens (including phenoxy) is 1. The highest BCUT2D eigenvalue weighted by molar-refractivity contribution is 6.00. The Hall–Kier alpha value is -2.11. The summed E-state index contributed by atoms with van der Waals surface area (Å²) in [6, 6.07) is 4.46. The molecule has 6 nitrogen and oxygen atoms in total. The maximum Gasteiger partial charge on any atom is 0.271 e. The molecule has 6 heteroatoms. The second-order valence-electron chi connectivity index (χ2n) is 6.60. The van der Waals surface area contributed by atoms with E-state index < -0.39 is 11.0 Å². The van der Waals surface area contributed by atoms with Crippen LogP contribution in [0.15, 0.2) is 18.2 Å². The molecule has 0 spiro atoms. The Morgan fingerprint density at radius 3 is 2.58 bits per heavy atom. The number of hydrogen-bond donors (Lipinski definition) is 0. The lowest BCUT2D eigenvalue weighted by molar-refractivity contribution is -0.384. The second kappa shape index (κ2) is 8.13. The third-order valence-corrected chi connectivity index (χ3v) is 4.30. The Kier molecular flexibility index (Phi) is 6.17. The fraction of sp³-hybridized carbons (Fsp3) is 0.611. The molecule has 1 aromatic carbocycles. The van der Waals surface area contributed by atoms with Gasteiger partial charge in [0.25, 0.3) is 11.6 Å². The Morgan fingerprint density at radius 2 is 1.96 bits per heavy atom. The van der Waals surface area contributed by atoms with Gasteiger partial charge in [-0.05, 0) is 18.4 Å². The van der Waals surface area contributed by atoms with Crippen molar-refractivity contribution in [3.05, 3.63) is 28.3 Å². The summed E-state index contributed by atoms with van der Waals surface area (Å²) in [6.07, 6.45) is 4.90. The first-order chi connectivity index (χ1) is 11.5. The number of unbranched alkanes of at least 4 members (excludes halogenated alkanes) is 4. The number of carbonyl (C=O) groups excluding carboxylic acids is 1. The third-order valence-electron chi connectivity index (χ3n) is 4.30. The molecule has 1 atom stereocenters. The molecule has 0 radical (unpaired) electrons. The van der Waals surface area contributed by atoms with Gasteiger partial charge in [0.1, 0.15) is 5.75 Å². The largest absolute Gasteiger partial charge is 0.478 e. The fourth-order valence-corrected chi connectivity index (χ4v) is 2.91. The summed E-state index contributed by atoms with van der Waals surface area (Å²) >= 11 is 0. The molecule has 1 heterocycles. The van der Waals surface area contributed by atoms with Crippen molar-refractivity contribution in [1.29, 1.82) is 0 Å². The van der Waals surface area contributed by atoms with Gasteiger partial charge in [0.05, 0.1) is 10.6 Å². The van der Waals surface area contributed by atoms with Gasteiger partial charge < -0.3 is 9.64 Å². The number of benzene rings is 1. The summed E-state index contributed by atoms with van der Waals surface area (Å²) in [5.41, 5.74) is 0.491. The van der Waals surface area contributed by atoms with Crippen molar-refractivity contribution in [3.8, 4) is 5.75 Å². The minimum Gasteiger partial charge on any atom is -0.478 e. The van der Waals surface area contributed by atoms with Gasteiger partial charge >= 0.3 is 0 Å². The molecule has 0 saturated carbocycles. The van der Waals surface area contributed by atoms with Crippen LogP contribution in [0.1, 0.15) is 52.9 Å². The standard InChI is InChI=1S/C18H26N2O4/c1-4-5-6-7-8-11-19-15-12-14(20(22)23)9-10-16(15)24-17(13(2)3)18(19)21/h9-10,12-13,17H,4-8,11H2,1-3H3. The van der Waals surface area contributed by atoms with E-state index >= 15 is 0 Å². The predicted molar refractivity (Wildman–Crippen MR) is 93.5 cm³/mol. The normalized spacial score (nSPS) is 16.9. The van der Waals surface area contributed by atoms with Crippen molar-refractivity contribution in [3.63, 3.8) is 0 Å². The van der Waals surface area contributed by atoms with Crippen LogP contribution in [0.25, 0.3) is 0 Å². The Morgan fingerprint density at radius 1 is 1.25 bits per heavy atom. The minimum absolute atomic E-state index is 0.0240. The molecule has 1 unspecified atom stereocenters. The number of carbonyl (C=O) groups is 1. The van der Waals surface area contributed by atoms with E-state index in [2.05, 4.69) is 6.92 Å². The molecule has 0 fully saturated rings. The SMILES string of the molecule is CCCCCCCN1C(=O)C(C(C)C)Oc2ccc([N+](=O)[O-])cc21. The summed E-state index contributed by atoms with van der Waals surface area (Å²) in [5, 5.41) is 11.0. The molecular weight excluding hydrogens is 308 g/mol. The van der Waals surface area contributed by atoms with Gasteiger partial charge in [0, 0.05) is 18.7 Å². The van der Waals surface area contributed by atoms with Crippen molar-refractivity contribution in [2.75, 3.05) is 11.4 Å². The number of amides is 1. The molecule has 1 aliphatic heterocycles. The van der Waals surface area contributed by atoms with Gasteiger partial charge in [-0.3, -0.25) is 14.9 Å². The topological polar surface area (TPSA) is 72.7 Å². The van der Waals surface area contributed by atoms with Crippen molar-refractivity contribution in [1.82, 2.24) is 0 Å². The highest BCUT2D eigenvalue weighted by atomic mass is 16.6. The smallest absolute Gasteiger partial charge is 0.271 e. The van der Waals surface area contributed by atoms with Crippen LogP contribution in [-0.4, -0.2) is 23.5 Å². The highest BCUT2D eigenvalue weighted by Crippen LogP contribution is 2.38. The van der Waals surface area contributed by atoms with Gasteiger partial charge in [-0.15, -0.1) is 0 Å². The van der Waals surface area contributed by atoms with Crippen molar-refractivity contribution in [2.45, 2.75) is 59.0 Å². The number of anilines is 1. The predicted octanol–water partition coefficient (Wildman–Crippen LogP) is 4.32. The summed E-state index contributed by atoms with van der Waals surface area (Å²) in [5.74, 6) is 0.490. The summed E-state index contributed by atoms with van der Waals surface area (Å²) < 4.78 is 5.80. The molecule has 0 aliphatic carbocycles.